The number of hydrogen-bond donors (Lipinski definition) is 2. The van der Waals surface area contributed by atoms with Gasteiger partial charge in [0.25, 0.3) is 5.91 Å². The third kappa shape index (κ3) is 4.34. The lowest BCUT2D eigenvalue weighted by Crippen LogP contribution is -2.24. The summed E-state index contributed by atoms with van der Waals surface area (Å²) >= 11 is 0. The number of hydrogen-bond acceptors (Lipinski definition) is 5. The molecule has 2 heterocycles. The molecule has 2 N–H and O–H groups in total. The lowest BCUT2D eigenvalue weighted by Gasteiger charge is -2.14. The third-order valence-electron chi connectivity index (χ3n) is 5.08. The molecule has 32 heavy (non-hydrogen) atoms. The molecule has 1 amide bonds. The summed E-state index contributed by atoms with van der Waals surface area (Å²) in [6.45, 7) is 1.59. The second-order valence-electron chi connectivity index (χ2n) is 7.10. The van der Waals surface area contributed by atoms with Gasteiger partial charge in [0, 0.05) is 53.6 Å². The number of benzene rings is 2. The zero-order valence-corrected chi connectivity index (χ0v) is 17.4. The summed E-state index contributed by atoms with van der Waals surface area (Å²) in [6, 6.07) is 13.6. The van der Waals surface area contributed by atoms with Gasteiger partial charge in [0.2, 0.25) is 5.95 Å². The standard InChI is InChI=1S/C24H20F2N4O2/c1-14-17(24(31)30-12-15-10-23(26)29-13-19(15)25)4-3-5-21(14)32-22-8-9-28-20-11-16(27-2)6-7-18(20)22/h3-11,13,27H,12H2,1-2H3,(H,30,31). The van der Waals surface area contributed by atoms with Crippen LogP contribution in [0.5, 0.6) is 11.5 Å². The number of amides is 1. The van der Waals surface area contributed by atoms with Crippen molar-refractivity contribution in [3.63, 3.8) is 0 Å². The fourth-order valence-corrected chi connectivity index (χ4v) is 3.31. The van der Waals surface area contributed by atoms with Crippen molar-refractivity contribution in [3.8, 4) is 11.5 Å². The van der Waals surface area contributed by atoms with Gasteiger partial charge in [0.05, 0.1) is 11.7 Å². The van der Waals surface area contributed by atoms with E-state index in [1.54, 1.807) is 37.4 Å². The molecule has 2 aromatic heterocycles. The number of fused-ring (bicyclic) bond motifs is 1. The van der Waals surface area contributed by atoms with Crippen molar-refractivity contribution in [2.75, 3.05) is 12.4 Å². The summed E-state index contributed by atoms with van der Waals surface area (Å²) in [4.78, 5) is 20.3. The van der Waals surface area contributed by atoms with Crippen LogP contribution in [0.1, 0.15) is 21.5 Å². The van der Waals surface area contributed by atoms with E-state index in [4.69, 9.17) is 4.74 Å². The average molecular weight is 434 g/mol. The van der Waals surface area contributed by atoms with Gasteiger partial charge in [-0.1, -0.05) is 6.07 Å². The molecule has 0 spiro atoms. The van der Waals surface area contributed by atoms with Crippen LogP contribution in [0.15, 0.2) is 60.9 Å². The number of halogens is 2. The summed E-state index contributed by atoms with van der Waals surface area (Å²) in [5, 5.41) is 6.52. The van der Waals surface area contributed by atoms with Gasteiger partial charge in [-0.15, -0.1) is 0 Å². The predicted molar refractivity (Wildman–Crippen MR) is 118 cm³/mol. The fourth-order valence-electron chi connectivity index (χ4n) is 3.31. The number of nitrogens with zero attached hydrogens (tertiary/aromatic N) is 2. The molecule has 0 saturated heterocycles. The lowest BCUT2D eigenvalue weighted by atomic mass is 10.1. The Morgan fingerprint density at radius 1 is 1.06 bits per heavy atom. The first-order valence-corrected chi connectivity index (χ1v) is 9.88. The van der Waals surface area contributed by atoms with E-state index in [9.17, 15) is 13.6 Å². The molecule has 0 aliphatic heterocycles. The molecule has 6 nitrogen and oxygen atoms in total. The molecule has 162 valence electrons. The Morgan fingerprint density at radius 2 is 1.91 bits per heavy atom. The SMILES string of the molecule is CNc1ccc2c(Oc3cccc(C(=O)NCc4cc(F)ncc4F)c3C)ccnc2c1. The Balaban J connectivity index is 1.57. The zero-order chi connectivity index (χ0) is 22.7. The van der Waals surface area contributed by atoms with Crippen molar-refractivity contribution in [2.45, 2.75) is 13.5 Å². The first kappa shape index (κ1) is 21.2. The van der Waals surface area contributed by atoms with E-state index in [1.807, 2.05) is 25.2 Å². The maximum absolute atomic E-state index is 13.8. The van der Waals surface area contributed by atoms with Gasteiger partial charge in [-0.3, -0.25) is 9.78 Å². The topological polar surface area (TPSA) is 76.1 Å². The summed E-state index contributed by atoms with van der Waals surface area (Å²) < 4.78 is 33.2. The minimum absolute atomic E-state index is 0.0140. The Bertz CT molecular complexity index is 1310. The van der Waals surface area contributed by atoms with E-state index in [0.717, 1.165) is 28.9 Å². The highest BCUT2D eigenvalue weighted by Gasteiger charge is 2.15. The molecule has 0 saturated carbocycles. The van der Waals surface area contributed by atoms with E-state index in [1.165, 1.54) is 0 Å². The third-order valence-corrected chi connectivity index (χ3v) is 5.08. The van der Waals surface area contributed by atoms with Gasteiger partial charge in [-0.2, -0.15) is 4.39 Å². The Labute approximate surface area is 183 Å². The Kier molecular flexibility index (Phi) is 5.93. The number of rotatable bonds is 6. The number of anilines is 1. The van der Waals surface area contributed by atoms with Gasteiger partial charge < -0.3 is 15.4 Å². The average Bonchev–Trinajstić information content (AvgIpc) is 2.80. The number of aromatic nitrogens is 2. The molecule has 8 heteroatoms. The van der Waals surface area contributed by atoms with Crippen LogP contribution in [-0.4, -0.2) is 22.9 Å². The Morgan fingerprint density at radius 3 is 2.72 bits per heavy atom. The normalized spacial score (nSPS) is 10.8. The lowest BCUT2D eigenvalue weighted by molar-refractivity contribution is 0.0949. The molecular formula is C24H20F2N4O2. The molecule has 0 aliphatic rings. The summed E-state index contributed by atoms with van der Waals surface area (Å²) in [5.74, 6) is -0.820. The van der Waals surface area contributed by atoms with Gasteiger partial charge >= 0.3 is 0 Å². The molecule has 0 unspecified atom stereocenters. The summed E-state index contributed by atoms with van der Waals surface area (Å²) in [6.07, 6.45) is 2.44. The van der Waals surface area contributed by atoms with E-state index in [0.29, 0.717) is 22.6 Å². The summed E-state index contributed by atoms with van der Waals surface area (Å²) in [7, 11) is 1.83. The first-order chi connectivity index (χ1) is 15.5. The number of pyridine rings is 2. The highest BCUT2D eigenvalue weighted by molar-refractivity contribution is 5.96. The van der Waals surface area contributed by atoms with Gasteiger partial charge in [-0.05, 0) is 43.3 Å². The van der Waals surface area contributed by atoms with Crippen LogP contribution < -0.4 is 15.4 Å². The predicted octanol–water partition coefficient (Wildman–Crippen LogP) is 4.98. The molecule has 0 bridgehead atoms. The monoisotopic (exact) mass is 434 g/mol. The first-order valence-electron chi connectivity index (χ1n) is 9.88. The Hall–Kier alpha value is -4.07. The minimum Gasteiger partial charge on any atom is -0.456 e. The van der Waals surface area contributed by atoms with E-state index in [2.05, 4.69) is 20.6 Å². The van der Waals surface area contributed by atoms with Crippen molar-refractivity contribution in [1.29, 1.82) is 0 Å². The zero-order valence-electron chi connectivity index (χ0n) is 17.4. The van der Waals surface area contributed by atoms with Crippen molar-refractivity contribution >= 4 is 22.5 Å². The highest BCUT2D eigenvalue weighted by atomic mass is 19.1. The maximum Gasteiger partial charge on any atom is 0.251 e. The van der Waals surface area contributed by atoms with Gasteiger partial charge in [0.15, 0.2) is 0 Å². The number of nitrogens with one attached hydrogen (secondary N) is 2. The van der Waals surface area contributed by atoms with Crippen molar-refractivity contribution in [3.05, 3.63) is 89.4 Å². The fraction of sp³-hybridized carbons (Fsp3) is 0.125. The highest BCUT2D eigenvalue weighted by Crippen LogP contribution is 2.32. The van der Waals surface area contributed by atoms with Crippen molar-refractivity contribution < 1.29 is 18.3 Å². The van der Waals surface area contributed by atoms with Gasteiger partial charge in [-0.25, -0.2) is 9.37 Å². The number of carbonyl (C=O) groups excluding carboxylic acids is 1. The largest absolute Gasteiger partial charge is 0.456 e. The summed E-state index contributed by atoms with van der Waals surface area (Å²) in [5.41, 5.74) is 2.70. The molecule has 4 aromatic rings. The second kappa shape index (κ2) is 8.97. The number of ether oxygens (including phenoxy) is 1. The van der Waals surface area contributed by atoms with Crippen LogP contribution >= 0.6 is 0 Å². The molecule has 2 aromatic carbocycles. The van der Waals surface area contributed by atoms with Crippen molar-refractivity contribution in [2.24, 2.45) is 0 Å². The number of carbonyl (C=O) groups is 1. The second-order valence-corrected chi connectivity index (χ2v) is 7.10. The van der Waals surface area contributed by atoms with Crippen LogP contribution in [0.25, 0.3) is 10.9 Å². The van der Waals surface area contributed by atoms with Crippen LogP contribution in [0, 0.1) is 18.7 Å². The van der Waals surface area contributed by atoms with Crippen LogP contribution in [0.4, 0.5) is 14.5 Å². The van der Waals surface area contributed by atoms with Crippen molar-refractivity contribution in [1.82, 2.24) is 15.3 Å². The molecule has 0 atom stereocenters. The molecule has 0 aliphatic carbocycles. The van der Waals surface area contributed by atoms with Gasteiger partial charge in [0.1, 0.15) is 17.3 Å². The molecule has 0 fully saturated rings. The van der Waals surface area contributed by atoms with E-state index >= 15 is 0 Å². The quantitative estimate of drug-likeness (QED) is 0.419. The van der Waals surface area contributed by atoms with Crippen LogP contribution in [-0.2, 0) is 6.54 Å². The minimum atomic E-state index is -0.811. The molecular weight excluding hydrogens is 414 g/mol. The van der Waals surface area contributed by atoms with Crippen LogP contribution in [0.2, 0.25) is 0 Å². The molecule has 0 radical (unpaired) electrons. The smallest absolute Gasteiger partial charge is 0.251 e. The maximum atomic E-state index is 13.8. The van der Waals surface area contributed by atoms with Crippen LogP contribution in [0.3, 0.4) is 0 Å². The molecule has 4 rings (SSSR count). The van der Waals surface area contributed by atoms with E-state index in [-0.39, 0.29) is 12.1 Å². The van der Waals surface area contributed by atoms with E-state index < -0.39 is 17.7 Å².